The van der Waals surface area contributed by atoms with Crippen LogP contribution in [0.3, 0.4) is 0 Å². The fourth-order valence-corrected chi connectivity index (χ4v) is 0.888. The summed E-state index contributed by atoms with van der Waals surface area (Å²) in [7, 11) is 0. The minimum absolute atomic E-state index is 0. The first-order valence-corrected chi connectivity index (χ1v) is 4.95. The van der Waals surface area contributed by atoms with Crippen molar-refractivity contribution in [1.29, 1.82) is 0 Å². The van der Waals surface area contributed by atoms with E-state index in [1.165, 1.54) is 12.1 Å². The molecule has 0 aliphatic heterocycles. The quantitative estimate of drug-likeness (QED) is 0.766. The standard InChI is InChI=1S/C8H7F3NS.C2H6.Y/c9-8(10,11)5-12-6-1-3-7(13)4-2-6;1-2;/h1-4,13H,5H2;1-2H3;/q-1;;. The first-order chi connectivity index (χ1) is 6.97. The molecule has 1 nitrogen and oxygen atoms in total. The average Bonchev–Trinajstić information content (AvgIpc) is 2.19. The Morgan fingerprint density at radius 1 is 1.12 bits per heavy atom. The molecule has 0 aliphatic rings. The summed E-state index contributed by atoms with van der Waals surface area (Å²) < 4.78 is 35.1. The third-order valence-electron chi connectivity index (χ3n) is 1.29. The van der Waals surface area contributed by atoms with Gasteiger partial charge in [-0.3, -0.25) is 0 Å². The van der Waals surface area contributed by atoms with E-state index in [1.54, 1.807) is 12.1 Å². The molecular weight excluding hydrogens is 312 g/mol. The second-order valence-electron chi connectivity index (χ2n) is 2.45. The van der Waals surface area contributed by atoms with E-state index >= 15 is 0 Å². The molecule has 1 rings (SSSR count). The molecule has 1 aromatic carbocycles. The van der Waals surface area contributed by atoms with Crippen molar-refractivity contribution in [2.45, 2.75) is 24.9 Å². The number of rotatable bonds is 2. The first-order valence-electron chi connectivity index (χ1n) is 4.51. The van der Waals surface area contributed by atoms with Gasteiger partial charge < -0.3 is 5.32 Å². The fourth-order valence-electron chi connectivity index (χ4n) is 0.739. The molecule has 0 spiro atoms. The van der Waals surface area contributed by atoms with E-state index in [9.17, 15) is 13.2 Å². The van der Waals surface area contributed by atoms with E-state index in [0.29, 0.717) is 10.6 Å². The van der Waals surface area contributed by atoms with Crippen LogP contribution in [0.25, 0.3) is 5.32 Å². The number of hydrogen-bond donors (Lipinski definition) is 1. The molecule has 16 heavy (non-hydrogen) atoms. The van der Waals surface area contributed by atoms with E-state index in [2.05, 4.69) is 17.9 Å². The molecular formula is C10H13F3NSY-. The first kappa shape index (κ1) is 18.6. The van der Waals surface area contributed by atoms with E-state index in [1.807, 2.05) is 13.8 Å². The number of thiol groups is 1. The summed E-state index contributed by atoms with van der Waals surface area (Å²) in [6, 6.07) is 6.18. The van der Waals surface area contributed by atoms with Gasteiger partial charge >= 0.3 is 6.18 Å². The summed E-state index contributed by atoms with van der Waals surface area (Å²) in [6.07, 6.45) is -4.24. The molecule has 0 saturated heterocycles. The fraction of sp³-hybridized carbons (Fsp3) is 0.400. The molecule has 0 amide bonds. The maximum Gasteiger partial charge on any atom is 0.373 e. The normalized spacial score (nSPS) is 9.62. The van der Waals surface area contributed by atoms with Crippen LogP contribution >= 0.6 is 12.6 Å². The average molecular weight is 325 g/mol. The smallest absolute Gasteiger partial charge is 0.373 e. The van der Waals surface area contributed by atoms with Crippen LogP contribution in [-0.2, 0) is 32.7 Å². The number of nitrogens with zero attached hydrogens (tertiary/aromatic N) is 1. The molecule has 0 unspecified atom stereocenters. The molecule has 0 aromatic heterocycles. The zero-order chi connectivity index (χ0) is 11.9. The van der Waals surface area contributed by atoms with Gasteiger partial charge in [-0.05, 0) is 6.54 Å². The van der Waals surface area contributed by atoms with Crippen molar-refractivity contribution in [1.82, 2.24) is 0 Å². The van der Waals surface area contributed by atoms with Gasteiger partial charge in [-0.1, -0.05) is 38.1 Å². The Kier molecular flexibility index (Phi) is 10.8. The zero-order valence-corrected chi connectivity index (χ0v) is 12.9. The van der Waals surface area contributed by atoms with Crippen molar-refractivity contribution < 1.29 is 45.9 Å². The number of halogens is 3. The van der Waals surface area contributed by atoms with Gasteiger partial charge in [0.1, 0.15) is 0 Å². The summed E-state index contributed by atoms with van der Waals surface area (Å²) in [5.41, 5.74) is 0.315. The zero-order valence-electron chi connectivity index (χ0n) is 9.12. The number of alkyl halides is 3. The molecule has 1 aromatic rings. The second-order valence-corrected chi connectivity index (χ2v) is 2.96. The van der Waals surface area contributed by atoms with Gasteiger partial charge in [0.2, 0.25) is 0 Å². The monoisotopic (exact) mass is 325 g/mol. The maximum atomic E-state index is 11.7. The molecule has 89 valence electrons. The van der Waals surface area contributed by atoms with Crippen molar-refractivity contribution in [3.05, 3.63) is 29.6 Å². The minimum atomic E-state index is -4.24. The Morgan fingerprint density at radius 3 is 1.94 bits per heavy atom. The van der Waals surface area contributed by atoms with Crippen LogP contribution in [0.1, 0.15) is 13.8 Å². The predicted octanol–water partition coefficient (Wildman–Crippen LogP) is 4.57. The van der Waals surface area contributed by atoms with Gasteiger partial charge in [-0.25, -0.2) is 0 Å². The minimum Gasteiger partial charge on any atom is -0.677 e. The van der Waals surface area contributed by atoms with Crippen LogP contribution < -0.4 is 0 Å². The second kappa shape index (κ2) is 9.31. The third-order valence-corrected chi connectivity index (χ3v) is 1.59. The predicted molar refractivity (Wildman–Crippen MR) is 59.0 cm³/mol. The Balaban J connectivity index is 0. The Morgan fingerprint density at radius 2 is 1.56 bits per heavy atom. The summed E-state index contributed by atoms with van der Waals surface area (Å²) in [5, 5.41) is 3.36. The van der Waals surface area contributed by atoms with Crippen LogP contribution in [0.2, 0.25) is 0 Å². The molecule has 0 atom stereocenters. The van der Waals surface area contributed by atoms with Crippen molar-refractivity contribution in [2.75, 3.05) is 6.54 Å². The van der Waals surface area contributed by atoms with Crippen LogP contribution in [0.5, 0.6) is 0 Å². The largest absolute Gasteiger partial charge is 0.677 e. The van der Waals surface area contributed by atoms with E-state index < -0.39 is 12.7 Å². The summed E-state index contributed by atoms with van der Waals surface area (Å²) in [6.45, 7) is 2.86. The summed E-state index contributed by atoms with van der Waals surface area (Å²) >= 11 is 3.99. The van der Waals surface area contributed by atoms with Gasteiger partial charge in [-0.2, -0.15) is 13.2 Å². The molecule has 0 bridgehead atoms. The van der Waals surface area contributed by atoms with Crippen molar-refractivity contribution in [3.8, 4) is 0 Å². The van der Waals surface area contributed by atoms with E-state index in [-0.39, 0.29) is 32.7 Å². The van der Waals surface area contributed by atoms with Gasteiger partial charge in [0, 0.05) is 37.6 Å². The van der Waals surface area contributed by atoms with Crippen molar-refractivity contribution in [3.63, 3.8) is 0 Å². The van der Waals surface area contributed by atoms with Crippen LogP contribution in [-0.4, -0.2) is 12.7 Å². The van der Waals surface area contributed by atoms with Gasteiger partial charge in [0.25, 0.3) is 0 Å². The van der Waals surface area contributed by atoms with E-state index in [4.69, 9.17) is 0 Å². The molecule has 0 saturated carbocycles. The topological polar surface area (TPSA) is 14.1 Å². The number of benzene rings is 1. The molecule has 0 heterocycles. The molecule has 6 heteroatoms. The van der Waals surface area contributed by atoms with E-state index in [0.717, 1.165) is 0 Å². The Labute approximate surface area is 124 Å². The Bertz CT molecular complexity index is 274. The molecule has 0 fully saturated rings. The van der Waals surface area contributed by atoms with Crippen LogP contribution in [0.15, 0.2) is 29.2 Å². The third kappa shape index (κ3) is 9.49. The SMILES string of the molecule is CC.FC(F)(F)C[N-]c1ccc(S)cc1.[Y]. The van der Waals surface area contributed by atoms with Crippen molar-refractivity contribution in [2.24, 2.45) is 0 Å². The molecule has 1 radical (unpaired) electrons. The summed E-state index contributed by atoms with van der Waals surface area (Å²) in [4.78, 5) is 0.700. The number of hydrogen-bond acceptors (Lipinski definition) is 1. The van der Waals surface area contributed by atoms with Gasteiger partial charge in [0.05, 0.1) is 0 Å². The molecule has 0 aliphatic carbocycles. The van der Waals surface area contributed by atoms with Crippen LogP contribution in [0.4, 0.5) is 18.9 Å². The van der Waals surface area contributed by atoms with Crippen molar-refractivity contribution >= 4 is 18.3 Å². The maximum absolute atomic E-state index is 11.7. The van der Waals surface area contributed by atoms with Gasteiger partial charge in [0.15, 0.2) is 0 Å². The summed E-state index contributed by atoms with van der Waals surface area (Å²) in [5.74, 6) is 0. The van der Waals surface area contributed by atoms with Crippen LogP contribution in [0, 0.1) is 0 Å². The molecule has 0 N–H and O–H groups in total. The van der Waals surface area contributed by atoms with Gasteiger partial charge in [-0.15, -0.1) is 18.3 Å². The Hall–Kier alpha value is 0.264.